The second-order valence-corrected chi connectivity index (χ2v) is 6.88. The first kappa shape index (κ1) is 17.2. The number of rotatable bonds is 4. The third-order valence-electron chi connectivity index (χ3n) is 4.99. The van der Waals surface area contributed by atoms with Crippen LogP contribution in [0.4, 0.5) is 11.5 Å². The molecule has 2 aromatic carbocycles. The molecule has 0 saturated carbocycles. The molecule has 0 spiro atoms. The monoisotopic (exact) mass is 381 g/mol. The summed E-state index contributed by atoms with van der Waals surface area (Å²) >= 11 is 0. The molecular formula is C23H19N5O. The van der Waals surface area contributed by atoms with E-state index in [0.29, 0.717) is 0 Å². The molecule has 142 valence electrons. The highest BCUT2D eigenvalue weighted by atomic mass is 16.5. The molecule has 5 aromatic rings. The van der Waals surface area contributed by atoms with Crippen LogP contribution in [-0.2, 0) is 0 Å². The van der Waals surface area contributed by atoms with Crippen molar-refractivity contribution in [1.29, 1.82) is 0 Å². The fourth-order valence-electron chi connectivity index (χ4n) is 3.47. The number of anilines is 2. The number of fused-ring (bicyclic) bond motifs is 2. The second-order valence-electron chi connectivity index (χ2n) is 6.88. The quantitative estimate of drug-likeness (QED) is 0.446. The average molecular weight is 381 g/mol. The molecular weight excluding hydrogens is 362 g/mol. The van der Waals surface area contributed by atoms with Crippen molar-refractivity contribution in [2.24, 2.45) is 0 Å². The van der Waals surface area contributed by atoms with E-state index in [-0.39, 0.29) is 0 Å². The van der Waals surface area contributed by atoms with Gasteiger partial charge >= 0.3 is 0 Å². The van der Waals surface area contributed by atoms with E-state index in [2.05, 4.69) is 37.4 Å². The van der Waals surface area contributed by atoms with Gasteiger partial charge in [0.2, 0.25) is 0 Å². The Hall–Kier alpha value is -3.93. The fraction of sp³-hybridized carbons (Fsp3) is 0.0870. The van der Waals surface area contributed by atoms with Crippen molar-refractivity contribution in [3.05, 3.63) is 72.9 Å². The highest BCUT2D eigenvalue weighted by molar-refractivity contribution is 5.96. The van der Waals surface area contributed by atoms with E-state index in [1.165, 1.54) is 0 Å². The van der Waals surface area contributed by atoms with E-state index in [0.717, 1.165) is 55.9 Å². The van der Waals surface area contributed by atoms with Crippen molar-refractivity contribution >= 4 is 33.3 Å². The summed E-state index contributed by atoms with van der Waals surface area (Å²) in [6, 6.07) is 16.2. The Labute approximate surface area is 167 Å². The molecule has 5 rings (SSSR count). The molecule has 0 amide bonds. The number of ether oxygens (including phenoxy) is 1. The van der Waals surface area contributed by atoms with E-state index >= 15 is 0 Å². The number of aromatic nitrogens is 4. The molecule has 0 saturated heterocycles. The first-order chi connectivity index (χ1) is 14.2. The van der Waals surface area contributed by atoms with Gasteiger partial charge < -0.3 is 15.0 Å². The molecule has 0 atom stereocenters. The van der Waals surface area contributed by atoms with Crippen molar-refractivity contribution in [3.8, 4) is 16.9 Å². The summed E-state index contributed by atoms with van der Waals surface area (Å²) in [5, 5.41) is 5.49. The molecule has 6 nitrogen and oxygen atoms in total. The number of methoxy groups -OCH3 is 1. The largest absolute Gasteiger partial charge is 0.496 e. The lowest BCUT2D eigenvalue weighted by Crippen LogP contribution is -1.98. The van der Waals surface area contributed by atoms with Gasteiger partial charge in [0.15, 0.2) is 0 Å². The smallest absolute Gasteiger partial charge is 0.141 e. The zero-order valence-electron chi connectivity index (χ0n) is 16.1. The lowest BCUT2D eigenvalue weighted by Gasteiger charge is -2.13. The van der Waals surface area contributed by atoms with E-state index in [9.17, 15) is 0 Å². The van der Waals surface area contributed by atoms with Gasteiger partial charge in [0.25, 0.3) is 0 Å². The molecule has 3 aromatic heterocycles. The van der Waals surface area contributed by atoms with Gasteiger partial charge in [-0.25, -0.2) is 9.97 Å². The van der Waals surface area contributed by atoms with Crippen LogP contribution >= 0.6 is 0 Å². The average Bonchev–Trinajstić information content (AvgIpc) is 3.21. The van der Waals surface area contributed by atoms with Crippen molar-refractivity contribution in [3.63, 3.8) is 0 Å². The van der Waals surface area contributed by atoms with Crippen LogP contribution < -0.4 is 10.1 Å². The lowest BCUT2D eigenvalue weighted by molar-refractivity contribution is 0.417. The van der Waals surface area contributed by atoms with E-state index < -0.39 is 0 Å². The highest BCUT2D eigenvalue weighted by Crippen LogP contribution is 2.36. The van der Waals surface area contributed by atoms with Crippen molar-refractivity contribution in [2.45, 2.75) is 6.92 Å². The number of H-pyrrole nitrogens is 1. The Morgan fingerprint density at radius 2 is 1.90 bits per heavy atom. The summed E-state index contributed by atoms with van der Waals surface area (Å²) in [4.78, 5) is 16.5. The van der Waals surface area contributed by atoms with E-state index in [4.69, 9.17) is 4.74 Å². The minimum Gasteiger partial charge on any atom is -0.496 e. The van der Waals surface area contributed by atoms with Gasteiger partial charge in [-0.1, -0.05) is 6.07 Å². The molecule has 0 aliphatic carbocycles. The van der Waals surface area contributed by atoms with Crippen LogP contribution in [0, 0.1) is 6.92 Å². The Morgan fingerprint density at radius 1 is 0.966 bits per heavy atom. The second kappa shape index (κ2) is 6.91. The number of nitrogens with zero attached hydrogens (tertiary/aromatic N) is 3. The van der Waals surface area contributed by atoms with Crippen LogP contribution in [0.2, 0.25) is 0 Å². The maximum atomic E-state index is 5.62. The number of nitrogens with one attached hydrogen (secondary N) is 2. The maximum Gasteiger partial charge on any atom is 0.141 e. The molecule has 0 aliphatic rings. The first-order valence-electron chi connectivity index (χ1n) is 9.31. The normalized spacial score (nSPS) is 11.1. The zero-order chi connectivity index (χ0) is 19.8. The van der Waals surface area contributed by atoms with Gasteiger partial charge in [0.05, 0.1) is 12.6 Å². The van der Waals surface area contributed by atoms with Crippen LogP contribution in [0.1, 0.15) is 5.69 Å². The SMILES string of the molecule is COc1cc2ncnc(Nc3ccc4[nH]ccc4c3)c2cc1-c1ccc(C)nc1. The van der Waals surface area contributed by atoms with E-state index in [1.54, 1.807) is 13.4 Å². The molecule has 0 fully saturated rings. The van der Waals surface area contributed by atoms with E-state index in [1.807, 2.05) is 55.7 Å². The summed E-state index contributed by atoms with van der Waals surface area (Å²) < 4.78 is 5.62. The standard InChI is InChI=1S/C23H19N5O/c1-14-3-4-16(12-25-14)18-10-19-21(11-22(18)29-2)26-13-27-23(19)28-17-5-6-20-15(9-17)7-8-24-20/h3-13,24H,1-2H3,(H,26,27,28). The third kappa shape index (κ3) is 3.14. The predicted octanol–water partition coefficient (Wildman–Crippen LogP) is 5.23. The third-order valence-corrected chi connectivity index (χ3v) is 4.99. The van der Waals surface area contributed by atoms with Crippen LogP contribution in [0.15, 0.2) is 67.3 Å². The number of aryl methyl sites for hydroxylation is 1. The Morgan fingerprint density at radius 3 is 2.72 bits per heavy atom. The first-order valence-corrected chi connectivity index (χ1v) is 9.31. The van der Waals surface area contributed by atoms with Gasteiger partial charge in [0.1, 0.15) is 17.9 Å². The molecule has 0 aliphatic heterocycles. The molecule has 3 heterocycles. The molecule has 6 heteroatoms. The maximum absolute atomic E-state index is 5.62. The number of aromatic amines is 1. The van der Waals surface area contributed by atoms with Gasteiger partial charge in [0, 0.05) is 57.3 Å². The van der Waals surface area contributed by atoms with Gasteiger partial charge in [-0.05, 0) is 43.3 Å². The van der Waals surface area contributed by atoms with Gasteiger partial charge in [-0.15, -0.1) is 0 Å². The van der Waals surface area contributed by atoms with Crippen LogP contribution in [0.25, 0.3) is 32.9 Å². The number of hydrogen-bond donors (Lipinski definition) is 2. The fourth-order valence-corrected chi connectivity index (χ4v) is 3.47. The summed E-state index contributed by atoms with van der Waals surface area (Å²) in [5.74, 6) is 1.50. The highest BCUT2D eigenvalue weighted by Gasteiger charge is 2.13. The topological polar surface area (TPSA) is 75.7 Å². The van der Waals surface area contributed by atoms with Crippen molar-refractivity contribution < 1.29 is 4.74 Å². The molecule has 0 bridgehead atoms. The van der Waals surface area contributed by atoms with Gasteiger partial charge in [-0.2, -0.15) is 0 Å². The summed E-state index contributed by atoms with van der Waals surface area (Å²) in [5.41, 5.74) is 5.78. The summed E-state index contributed by atoms with van der Waals surface area (Å²) in [7, 11) is 1.67. The Bertz CT molecular complexity index is 1320. The van der Waals surface area contributed by atoms with Crippen LogP contribution in [0.3, 0.4) is 0 Å². The summed E-state index contributed by atoms with van der Waals surface area (Å²) in [6.07, 6.45) is 5.35. The molecule has 2 N–H and O–H groups in total. The number of benzene rings is 2. The Balaban J connectivity index is 1.63. The van der Waals surface area contributed by atoms with Crippen LogP contribution in [-0.4, -0.2) is 27.0 Å². The Kier molecular flexibility index (Phi) is 4.09. The minimum absolute atomic E-state index is 0.744. The predicted molar refractivity (Wildman–Crippen MR) is 116 cm³/mol. The minimum atomic E-state index is 0.744. The van der Waals surface area contributed by atoms with Gasteiger partial charge in [-0.3, -0.25) is 4.98 Å². The number of hydrogen-bond acceptors (Lipinski definition) is 5. The lowest BCUT2D eigenvalue weighted by atomic mass is 10.0. The zero-order valence-corrected chi connectivity index (χ0v) is 16.1. The summed E-state index contributed by atoms with van der Waals surface area (Å²) in [6.45, 7) is 1.97. The molecule has 0 unspecified atom stereocenters. The molecule has 29 heavy (non-hydrogen) atoms. The van der Waals surface area contributed by atoms with Crippen LogP contribution in [0.5, 0.6) is 5.75 Å². The number of pyridine rings is 1. The molecule has 0 radical (unpaired) electrons. The van der Waals surface area contributed by atoms with Crippen molar-refractivity contribution in [2.75, 3.05) is 12.4 Å². The van der Waals surface area contributed by atoms with Crippen molar-refractivity contribution in [1.82, 2.24) is 19.9 Å².